The van der Waals surface area contributed by atoms with Crippen LogP contribution < -0.4 is 14.2 Å². The predicted molar refractivity (Wildman–Crippen MR) is 146 cm³/mol. The Morgan fingerprint density at radius 3 is 2.58 bits per heavy atom. The molecule has 0 atom stereocenters. The summed E-state index contributed by atoms with van der Waals surface area (Å²) in [5, 5.41) is 10.0. The second kappa shape index (κ2) is 11.6. The molecule has 0 spiro atoms. The van der Waals surface area contributed by atoms with Gasteiger partial charge in [-0.3, -0.25) is 4.72 Å². The van der Waals surface area contributed by atoms with Crippen molar-refractivity contribution in [3.8, 4) is 17.6 Å². The minimum absolute atomic E-state index is 0.285. The zero-order chi connectivity index (χ0) is 25.7. The molecular weight excluding hydrogens is 515 g/mol. The first-order valence-electron chi connectivity index (χ1n) is 11.7. The highest BCUT2D eigenvalue weighted by Crippen LogP contribution is 2.38. The maximum atomic E-state index is 9.65. The van der Waals surface area contributed by atoms with Crippen LogP contribution in [0.4, 0.5) is 5.95 Å². The van der Waals surface area contributed by atoms with Gasteiger partial charge in [-0.25, -0.2) is 9.97 Å². The summed E-state index contributed by atoms with van der Waals surface area (Å²) < 4.78 is 14.8. The van der Waals surface area contributed by atoms with Crippen LogP contribution in [0.1, 0.15) is 53.9 Å². The van der Waals surface area contributed by atoms with Crippen LogP contribution in [0.25, 0.3) is 0 Å². The Morgan fingerprint density at radius 1 is 1.11 bits per heavy atom. The summed E-state index contributed by atoms with van der Waals surface area (Å²) in [6, 6.07) is 13.9. The number of halogens is 2. The Kier molecular flexibility index (Phi) is 8.50. The summed E-state index contributed by atoms with van der Waals surface area (Å²) in [6.07, 6.45) is 5.02. The molecule has 0 saturated carbocycles. The lowest BCUT2D eigenvalue weighted by Gasteiger charge is -2.27. The SMILES string of the molecule is CSNc1nc2c(c(COc3ccc(C(C)(C)c4cc(Cl)c(OCCCl)c(C#N)c4)cc3)n1)CCC2. The molecule has 6 nitrogen and oxygen atoms in total. The normalized spacial score (nSPS) is 12.7. The van der Waals surface area contributed by atoms with E-state index in [1.165, 1.54) is 17.5 Å². The molecule has 36 heavy (non-hydrogen) atoms. The summed E-state index contributed by atoms with van der Waals surface area (Å²) in [5.74, 6) is 2.08. The Hall–Kier alpha value is -2.66. The molecule has 1 aromatic heterocycles. The van der Waals surface area contributed by atoms with E-state index in [0.29, 0.717) is 34.8 Å². The molecule has 0 fully saturated rings. The van der Waals surface area contributed by atoms with Crippen molar-refractivity contribution in [1.82, 2.24) is 9.97 Å². The summed E-state index contributed by atoms with van der Waals surface area (Å²) in [6.45, 7) is 4.87. The number of hydrogen-bond acceptors (Lipinski definition) is 7. The van der Waals surface area contributed by atoms with E-state index in [0.717, 1.165) is 47.5 Å². The van der Waals surface area contributed by atoms with Gasteiger partial charge in [-0.2, -0.15) is 5.26 Å². The first kappa shape index (κ1) is 26.4. The largest absolute Gasteiger partial charge is 0.489 e. The molecule has 0 saturated heterocycles. The monoisotopic (exact) mass is 542 g/mol. The van der Waals surface area contributed by atoms with Gasteiger partial charge in [-0.05, 0) is 60.2 Å². The highest BCUT2D eigenvalue weighted by Gasteiger charge is 2.26. The number of aromatic nitrogens is 2. The number of alkyl halides is 1. The van der Waals surface area contributed by atoms with Gasteiger partial charge in [-0.1, -0.05) is 49.5 Å². The number of ether oxygens (including phenoxy) is 2. The first-order chi connectivity index (χ1) is 17.4. The van der Waals surface area contributed by atoms with E-state index in [9.17, 15) is 5.26 Å². The lowest BCUT2D eigenvalue weighted by atomic mass is 9.77. The van der Waals surface area contributed by atoms with Crippen molar-refractivity contribution < 1.29 is 9.47 Å². The first-order valence-corrected chi connectivity index (χ1v) is 13.8. The summed E-state index contributed by atoms with van der Waals surface area (Å²) >= 11 is 13.7. The van der Waals surface area contributed by atoms with Gasteiger partial charge in [-0.15, -0.1) is 11.6 Å². The minimum atomic E-state index is -0.398. The average Bonchev–Trinajstić information content (AvgIpc) is 3.35. The van der Waals surface area contributed by atoms with Gasteiger partial charge in [0, 0.05) is 17.4 Å². The fourth-order valence-electron chi connectivity index (χ4n) is 4.38. The molecule has 0 aliphatic heterocycles. The van der Waals surface area contributed by atoms with Crippen molar-refractivity contribution in [2.75, 3.05) is 23.5 Å². The number of fused-ring (bicyclic) bond motifs is 1. The predicted octanol–water partition coefficient (Wildman–Crippen LogP) is 6.70. The van der Waals surface area contributed by atoms with E-state index in [1.807, 2.05) is 42.7 Å². The molecule has 188 valence electrons. The van der Waals surface area contributed by atoms with Crippen LogP contribution in [0.2, 0.25) is 5.02 Å². The van der Waals surface area contributed by atoms with Crippen LogP contribution in [0.15, 0.2) is 36.4 Å². The molecule has 1 heterocycles. The molecule has 0 radical (unpaired) electrons. The second-order valence-electron chi connectivity index (χ2n) is 9.00. The van der Waals surface area contributed by atoms with Gasteiger partial charge < -0.3 is 9.47 Å². The summed E-state index contributed by atoms with van der Waals surface area (Å²) in [7, 11) is 0. The molecule has 9 heteroatoms. The summed E-state index contributed by atoms with van der Waals surface area (Å²) in [4.78, 5) is 9.29. The minimum Gasteiger partial charge on any atom is -0.489 e. The van der Waals surface area contributed by atoms with Crippen molar-refractivity contribution in [2.45, 2.75) is 45.1 Å². The molecule has 4 rings (SSSR count). The molecule has 1 N–H and O–H groups in total. The van der Waals surface area contributed by atoms with E-state index in [4.69, 9.17) is 32.7 Å². The van der Waals surface area contributed by atoms with Gasteiger partial charge >= 0.3 is 0 Å². The van der Waals surface area contributed by atoms with Crippen LogP contribution in [0.3, 0.4) is 0 Å². The zero-order valence-corrected chi connectivity index (χ0v) is 22.9. The standard InChI is InChI=1S/C27H28Cl2N4O2S/c1-27(2,19-13-17(15-30)25(22(29)14-19)34-12-11-28)18-7-9-20(10-8-18)35-16-24-21-5-4-6-23(21)31-26(32-24)33-36-3/h7-10,13-14H,4-6,11-12,16H2,1-3H3,(H,31,32,33). The van der Waals surface area contributed by atoms with Crippen LogP contribution in [0.5, 0.6) is 11.5 Å². The van der Waals surface area contributed by atoms with Gasteiger partial charge in [0.15, 0.2) is 5.75 Å². The van der Waals surface area contributed by atoms with E-state index >= 15 is 0 Å². The fraction of sp³-hybridized carbons (Fsp3) is 0.370. The van der Waals surface area contributed by atoms with E-state index in [-0.39, 0.29) is 6.61 Å². The average molecular weight is 544 g/mol. The third-order valence-corrected chi connectivity index (χ3v) is 7.19. The topological polar surface area (TPSA) is 80.1 Å². The number of nitrogens with zero attached hydrogens (tertiary/aromatic N) is 3. The molecule has 0 unspecified atom stereocenters. The Labute approximate surface area is 226 Å². The fourth-order valence-corrected chi connectivity index (χ4v) is 5.00. The van der Waals surface area contributed by atoms with Gasteiger partial charge in [0.25, 0.3) is 0 Å². The number of rotatable bonds is 10. The van der Waals surface area contributed by atoms with Gasteiger partial charge in [0.05, 0.1) is 22.2 Å². The lowest BCUT2D eigenvalue weighted by Crippen LogP contribution is -2.19. The second-order valence-corrected chi connectivity index (χ2v) is 10.4. The van der Waals surface area contributed by atoms with Gasteiger partial charge in [0.1, 0.15) is 25.0 Å². The van der Waals surface area contributed by atoms with Crippen molar-refractivity contribution >= 4 is 41.1 Å². The number of aryl methyl sites for hydroxylation is 1. The van der Waals surface area contributed by atoms with Crippen molar-refractivity contribution in [1.29, 1.82) is 5.26 Å². The number of hydrogen-bond donors (Lipinski definition) is 1. The Bertz CT molecular complexity index is 1280. The summed E-state index contributed by atoms with van der Waals surface area (Å²) in [5.41, 5.74) is 5.25. The third-order valence-electron chi connectivity index (χ3n) is 6.37. The van der Waals surface area contributed by atoms with Crippen molar-refractivity contribution in [2.24, 2.45) is 0 Å². The van der Waals surface area contributed by atoms with Crippen molar-refractivity contribution in [3.63, 3.8) is 0 Å². The molecule has 2 aromatic carbocycles. The number of nitrogens with one attached hydrogen (secondary N) is 1. The highest BCUT2D eigenvalue weighted by atomic mass is 35.5. The van der Waals surface area contributed by atoms with Crippen LogP contribution in [-0.2, 0) is 24.9 Å². The van der Waals surface area contributed by atoms with E-state index < -0.39 is 5.41 Å². The maximum absolute atomic E-state index is 9.65. The smallest absolute Gasteiger partial charge is 0.233 e. The van der Waals surface area contributed by atoms with Crippen LogP contribution >= 0.6 is 35.1 Å². The van der Waals surface area contributed by atoms with Crippen molar-refractivity contribution in [3.05, 3.63) is 75.1 Å². The lowest BCUT2D eigenvalue weighted by molar-refractivity contribution is 0.300. The Balaban J connectivity index is 1.52. The van der Waals surface area contributed by atoms with Crippen LogP contribution in [0, 0.1) is 11.3 Å². The van der Waals surface area contributed by atoms with E-state index in [2.05, 4.69) is 34.6 Å². The molecule has 1 aliphatic rings. The third kappa shape index (κ3) is 5.67. The van der Waals surface area contributed by atoms with Crippen LogP contribution in [-0.4, -0.2) is 28.7 Å². The molecule has 0 bridgehead atoms. The molecule has 1 aliphatic carbocycles. The number of benzene rings is 2. The van der Waals surface area contributed by atoms with Gasteiger partial charge in [0.2, 0.25) is 5.95 Å². The Morgan fingerprint density at radius 2 is 1.89 bits per heavy atom. The quantitative estimate of drug-likeness (QED) is 0.225. The molecular formula is C27H28Cl2N4O2S. The zero-order valence-electron chi connectivity index (χ0n) is 20.5. The molecule has 0 amide bonds. The number of anilines is 1. The highest BCUT2D eigenvalue weighted by molar-refractivity contribution is 7.99. The van der Waals surface area contributed by atoms with E-state index in [1.54, 1.807) is 0 Å². The maximum Gasteiger partial charge on any atom is 0.233 e. The molecule has 3 aromatic rings. The number of nitriles is 1.